The van der Waals surface area contributed by atoms with Gasteiger partial charge in [0.15, 0.2) is 0 Å². The maximum atomic E-state index is 12.1. The summed E-state index contributed by atoms with van der Waals surface area (Å²) in [6.45, 7) is 0. The van der Waals surface area contributed by atoms with Gasteiger partial charge in [0, 0.05) is 5.02 Å². The van der Waals surface area contributed by atoms with Gasteiger partial charge in [0.05, 0.1) is 19.2 Å². The van der Waals surface area contributed by atoms with Crippen LogP contribution in [0.25, 0.3) is 0 Å². The molecule has 2 aromatic carbocycles. The average Bonchev–Trinajstić information content (AvgIpc) is 2.49. The van der Waals surface area contributed by atoms with Gasteiger partial charge in [0.25, 0.3) is 0 Å². The van der Waals surface area contributed by atoms with Crippen molar-refractivity contribution in [2.45, 2.75) is 6.42 Å². The topological polar surface area (TPSA) is 55.6 Å². The van der Waals surface area contributed by atoms with Crippen LogP contribution in [-0.2, 0) is 11.2 Å². The molecule has 0 aliphatic rings. The molecule has 0 aliphatic carbocycles. The van der Waals surface area contributed by atoms with E-state index in [1.54, 1.807) is 43.5 Å². The molecule has 6 heteroatoms. The summed E-state index contributed by atoms with van der Waals surface area (Å²) in [5.74, 6) is 6.34. The Bertz CT molecular complexity index is 586. The van der Waals surface area contributed by atoms with Gasteiger partial charge in [-0.2, -0.15) is 0 Å². The van der Waals surface area contributed by atoms with Crippen molar-refractivity contribution in [1.29, 1.82) is 0 Å². The van der Waals surface area contributed by atoms with Crippen LogP contribution in [0.15, 0.2) is 48.5 Å². The molecule has 0 saturated heterocycles. The normalized spacial score (nSPS) is 9.67. The molecule has 2 N–H and O–H groups in total. The van der Waals surface area contributed by atoms with Crippen molar-refractivity contribution in [3.8, 4) is 5.75 Å². The molecule has 2 aromatic rings. The summed E-state index contributed by atoms with van der Waals surface area (Å²) in [6.07, 6.45) is 0.222. The van der Waals surface area contributed by atoms with Gasteiger partial charge in [-0.3, -0.25) is 4.79 Å². The van der Waals surface area contributed by atoms with Crippen LogP contribution in [0.2, 0.25) is 5.02 Å². The Labute approximate surface area is 134 Å². The number of carbonyl (C=O) groups excluding carboxylic acids is 1. The Morgan fingerprint density at radius 2 is 1.71 bits per heavy atom. The van der Waals surface area contributed by atoms with Crippen LogP contribution in [0.5, 0.6) is 5.75 Å². The first-order chi connectivity index (χ1) is 9.60. The maximum Gasteiger partial charge on any atom is 0.245 e. The fourth-order valence-electron chi connectivity index (χ4n) is 1.75. The summed E-state index contributed by atoms with van der Waals surface area (Å²) in [7, 11) is 1.58. The number of nitrogens with zero attached hydrogens (tertiary/aromatic N) is 1. The van der Waals surface area contributed by atoms with E-state index in [1.807, 2.05) is 12.1 Å². The highest BCUT2D eigenvalue weighted by atomic mass is 35.5. The van der Waals surface area contributed by atoms with Crippen LogP contribution in [-0.4, -0.2) is 13.0 Å². The van der Waals surface area contributed by atoms with E-state index >= 15 is 0 Å². The number of rotatable bonds is 4. The number of hydrazine groups is 1. The van der Waals surface area contributed by atoms with Crippen LogP contribution in [0.3, 0.4) is 0 Å². The van der Waals surface area contributed by atoms with Gasteiger partial charge in [-0.25, -0.2) is 10.9 Å². The molecule has 0 heterocycles. The Morgan fingerprint density at radius 3 is 2.24 bits per heavy atom. The Kier molecular flexibility index (Phi) is 6.49. The number of methoxy groups -OCH3 is 1. The molecule has 21 heavy (non-hydrogen) atoms. The van der Waals surface area contributed by atoms with Crippen LogP contribution in [0.4, 0.5) is 5.69 Å². The molecule has 0 aromatic heterocycles. The number of amides is 1. The van der Waals surface area contributed by atoms with Gasteiger partial charge in [-0.05, 0) is 42.0 Å². The quantitative estimate of drug-likeness (QED) is 0.533. The number of hydrogen-bond acceptors (Lipinski definition) is 3. The average molecular weight is 327 g/mol. The fraction of sp³-hybridized carbons (Fsp3) is 0.133. The van der Waals surface area contributed by atoms with Crippen LogP contribution in [0, 0.1) is 0 Å². The third-order valence-corrected chi connectivity index (χ3v) is 3.14. The first kappa shape index (κ1) is 17.3. The van der Waals surface area contributed by atoms with Gasteiger partial charge >= 0.3 is 0 Å². The summed E-state index contributed by atoms with van der Waals surface area (Å²) in [4.78, 5) is 12.1. The molecule has 2 rings (SSSR count). The smallest absolute Gasteiger partial charge is 0.245 e. The third-order valence-electron chi connectivity index (χ3n) is 2.89. The van der Waals surface area contributed by atoms with Crippen molar-refractivity contribution in [1.82, 2.24) is 0 Å². The summed E-state index contributed by atoms with van der Waals surface area (Å²) >= 11 is 5.80. The monoisotopic (exact) mass is 326 g/mol. The van der Waals surface area contributed by atoms with Gasteiger partial charge in [-0.1, -0.05) is 23.7 Å². The number of benzene rings is 2. The number of hydrogen-bond donors (Lipinski definition) is 1. The molecule has 0 aliphatic heterocycles. The summed E-state index contributed by atoms with van der Waals surface area (Å²) in [5, 5.41) is 1.77. The molecular weight excluding hydrogens is 311 g/mol. The maximum absolute atomic E-state index is 12.1. The molecular formula is C15H16Cl2N2O2. The van der Waals surface area contributed by atoms with E-state index in [9.17, 15) is 4.79 Å². The van der Waals surface area contributed by atoms with E-state index in [4.69, 9.17) is 22.2 Å². The number of nitrogens with two attached hydrogens (primary N) is 1. The summed E-state index contributed by atoms with van der Waals surface area (Å²) in [5.41, 5.74) is 1.48. The molecule has 0 saturated carbocycles. The van der Waals surface area contributed by atoms with E-state index in [-0.39, 0.29) is 24.7 Å². The van der Waals surface area contributed by atoms with Crippen molar-refractivity contribution in [2.24, 2.45) is 5.84 Å². The largest absolute Gasteiger partial charge is 0.497 e. The standard InChI is InChI=1S/C15H15ClN2O2.ClH/c1-20-14-8-6-13(7-9-14)18(17)15(19)10-11-2-4-12(16)5-3-11;/h2-9H,10,17H2,1H3;1H. The lowest BCUT2D eigenvalue weighted by molar-refractivity contribution is -0.118. The lowest BCUT2D eigenvalue weighted by Crippen LogP contribution is -2.38. The Morgan fingerprint density at radius 1 is 1.14 bits per heavy atom. The first-order valence-corrected chi connectivity index (χ1v) is 6.44. The predicted molar refractivity (Wildman–Crippen MR) is 87.1 cm³/mol. The van der Waals surface area contributed by atoms with E-state index in [0.29, 0.717) is 16.5 Å². The number of anilines is 1. The SMILES string of the molecule is COc1ccc(N(N)C(=O)Cc2ccc(Cl)cc2)cc1.Cl. The lowest BCUT2D eigenvalue weighted by Gasteiger charge is -2.17. The molecule has 0 fully saturated rings. The van der Waals surface area contributed by atoms with Crippen molar-refractivity contribution in [3.05, 3.63) is 59.1 Å². The van der Waals surface area contributed by atoms with Crippen LogP contribution >= 0.6 is 24.0 Å². The van der Waals surface area contributed by atoms with E-state index in [2.05, 4.69) is 0 Å². The Hall–Kier alpha value is -1.75. The molecule has 0 bridgehead atoms. The second-order valence-corrected chi connectivity index (χ2v) is 4.70. The van der Waals surface area contributed by atoms with Crippen LogP contribution < -0.4 is 15.6 Å². The minimum atomic E-state index is -0.197. The zero-order chi connectivity index (χ0) is 14.5. The van der Waals surface area contributed by atoms with E-state index < -0.39 is 0 Å². The van der Waals surface area contributed by atoms with Crippen molar-refractivity contribution < 1.29 is 9.53 Å². The molecule has 112 valence electrons. The highest BCUT2D eigenvalue weighted by Gasteiger charge is 2.12. The lowest BCUT2D eigenvalue weighted by atomic mass is 10.1. The second kappa shape index (κ2) is 7.88. The predicted octanol–water partition coefficient (Wildman–Crippen LogP) is 3.22. The minimum absolute atomic E-state index is 0. The van der Waals surface area contributed by atoms with Gasteiger partial charge in [-0.15, -0.1) is 12.4 Å². The number of ether oxygens (including phenoxy) is 1. The molecule has 0 spiro atoms. The number of carbonyl (C=O) groups is 1. The van der Waals surface area contributed by atoms with E-state index in [0.717, 1.165) is 10.6 Å². The highest BCUT2D eigenvalue weighted by Crippen LogP contribution is 2.18. The van der Waals surface area contributed by atoms with Crippen LogP contribution in [0.1, 0.15) is 5.56 Å². The van der Waals surface area contributed by atoms with E-state index in [1.165, 1.54) is 0 Å². The summed E-state index contributed by atoms with van der Waals surface area (Å²) in [6, 6.07) is 14.1. The minimum Gasteiger partial charge on any atom is -0.497 e. The van der Waals surface area contributed by atoms with Gasteiger partial charge < -0.3 is 4.74 Å². The Balaban J connectivity index is 0.00000220. The van der Waals surface area contributed by atoms with Gasteiger partial charge in [0.1, 0.15) is 5.75 Å². The van der Waals surface area contributed by atoms with Crippen molar-refractivity contribution in [2.75, 3.05) is 12.1 Å². The van der Waals surface area contributed by atoms with Crippen molar-refractivity contribution >= 4 is 35.6 Å². The number of halogens is 2. The molecule has 4 nitrogen and oxygen atoms in total. The summed E-state index contributed by atoms with van der Waals surface area (Å²) < 4.78 is 5.06. The molecule has 0 atom stereocenters. The zero-order valence-corrected chi connectivity index (χ0v) is 13.0. The third kappa shape index (κ3) is 4.63. The fourth-order valence-corrected chi connectivity index (χ4v) is 1.87. The second-order valence-electron chi connectivity index (χ2n) is 4.27. The molecule has 1 amide bonds. The molecule has 0 radical (unpaired) electrons. The first-order valence-electron chi connectivity index (χ1n) is 6.06. The van der Waals surface area contributed by atoms with Gasteiger partial charge in [0.2, 0.25) is 5.91 Å². The zero-order valence-electron chi connectivity index (χ0n) is 11.5. The molecule has 0 unspecified atom stereocenters. The highest BCUT2D eigenvalue weighted by molar-refractivity contribution is 6.30. The van der Waals surface area contributed by atoms with Crippen molar-refractivity contribution in [3.63, 3.8) is 0 Å².